The Balaban J connectivity index is 2.98. The number of carbonyl (C=O) groups is 1. The highest BCUT2D eigenvalue weighted by molar-refractivity contribution is 7.89. The standard InChI is InChI=1S/C15H24N2O6SSi/c1-15(2,3)25(4,5)23-11-12(10-18)16-24(21,22)14-9-7-6-8-13(14)17(19)20/h6-10,12,16H,11H2,1-5H3/t12-/m1/s1. The topological polar surface area (TPSA) is 116 Å². The van der Waals surface area contributed by atoms with Crippen molar-refractivity contribution in [1.82, 2.24) is 4.72 Å². The molecule has 0 unspecified atom stereocenters. The van der Waals surface area contributed by atoms with Gasteiger partial charge in [0.05, 0.1) is 17.6 Å². The number of nitrogens with one attached hydrogen (secondary N) is 1. The van der Waals surface area contributed by atoms with Crippen molar-refractivity contribution in [1.29, 1.82) is 0 Å². The second kappa shape index (κ2) is 7.73. The first kappa shape index (κ1) is 21.4. The number of aldehydes is 1. The zero-order valence-corrected chi connectivity index (χ0v) is 16.8. The highest BCUT2D eigenvalue weighted by Crippen LogP contribution is 2.36. The molecule has 8 nitrogen and oxygen atoms in total. The number of nitro benzene ring substituents is 1. The van der Waals surface area contributed by atoms with Gasteiger partial charge in [0.25, 0.3) is 5.69 Å². The van der Waals surface area contributed by atoms with Crippen molar-refractivity contribution in [3.8, 4) is 0 Å². The maximum atomic E-state index is 12.4. The molecule has 0 aromatic heterocycles. The fourth-order valence-corrected chi connectivity index (χ4v) is 4.07. The molecule has 0 aliphatic carbocycles. The molecule has 0 fully saturated rings. The molecular formula is C15H24N2O6SSi. The average Bonchev–Trinajstić information content (AvgIpc) is 2.50. The summed E-state index contributed by atoms with van der Waals surface area (Å²) < 4.78 is 32.9. The molecule has 0 saturated carbocycles. The first-order chi connectivity index (χ1) is 11.3. The van der Waals surface area contributed by atoms with Gasteiger partial charge in [0, 0.05) is 6.07 Å². The molecule has 10 heteroatoms. The van der Waals surface area contributed by atoms with Crippen molar-refractivity contribution in [3.05, 3.63) is 34.4 Å². The van der Waals surface area contributed by atoms with Crippen LogP contribution in [0.4, 0.5) is 5.69 Å². The van der Waals surface area contributed by atoms with Crippen LogP contribution in [-0.2, 0) is 19.2 Å². The highest BCUT2D eigenvalue weighted by Gasteiger charge is 2.38. The zero-order chi connectivity index (χ0) is 19.5. The quantitative estimate of drug-likeness (QED) is 0.316. The summed E-state index contributed by atoms with van der Waals surface area (Å²) in [5.41, 5.74) is -0.551. The second-order valence-electron chi connectivity index (χ2n) is 7.16. The monoisotopic (exact) mass is 388 g/mol. The van der Waals surface area contributed by atoms with Crippen LogP contribution in [0.25, 0.3) is 0 Å². The van der Waals surface area contributed by atoms with Gasteiger partial charge in [0.1, 0.15) is 6.29 Å². The molecule has 140 valence electrons. The van der Waals surface area contributed by atoms with E-state index in [1.54, 1.807) is 0 Å². The SMILES string of the molecule is CC(C)(C)[Si](C)(C)OC[C@@H](C=O)NS(=O)(=O)c1ccccc1[N+](=O)[O-]. The molecule has 0 saturated heterocycles. The molecule has 0 bridgehead atoms. The predicted octanol–water partition coefficient (Wildman–Crippen LogP) is 2.46. The van der Waals surface area contributed by atoms with Crippen LogP contribution in [-0.4, -0.2) is 40.6 Å². The maximum Gasteiger partial charge on any atom is 0.289 e. The molecule has 25 heavy (non-hydrogen) atoms. The summed E-state index contributed by atoms with van der Waals surface area (Å²) in [5, 5.41) is 10.9. The lowest BCUT2D eigenvalue weighted by Gasteiger charge is -2.36. The second-order valence-corrected chi connectivity index (χ2v) is 13.7. The summed E-state index contributed by atoms with van der Waals surface area (Å²) in [4.78, 5) is 21.0. The Morgan fingerprint density at radius 3 is 2.36 bits per heavy atom. The summed E-state index contributed by atoms with van der Waals surface area (Å²) in [6.07, 6.45) is 0.430. The number of hydrogen-bond donors (Lipinski definition) is 1. The van der Waals surface area contributed by atoms with E-state index in [9.17, 15) is 23.3 Å². The Morgan fingerprint density at radius 1 is 1.32 bits per heavy atom. The minimum absolute atomic E-state index is 0.0997. The molecule has 0 aliphatic heterocycles. The Kier molecular flexibility index (Phi) is 6.62. The van der Waals surface area contributed by atoms with Gasteiger partial charge in [0.2, 0.25) is 10.0 Å². The maximum absolute atomic E-state index is 12.4. The minimum atomic E-state index is -4.24. The van der Waals surface area contributed by atoms with Crippen molar-refractivity contribution in [2.24, 2.45) is 0 Å². The number of carbonyl (C=O) groups excluding carboxylic acids is 1. The number of nitro groups is 1. The number of para-hydroxylation sites is 1. The van der Waals surface area contributed by atoms with E-state index in [-0.39, 0.29) is 11.6 Å². The van der Waals surface area contributed by atoms with E-state index in [1.807, 2.05) is 33.9 Å². The van der Waals surface area contributed by atoms with Crippen molar-refractivity contribution in [2.45, 2.75) is 49.8 Å². The number of hydrogen-bond acceptors (Lipinski definition) is 6. The summed E-state index contributed by atoms with van der Waals surface area (Å²) in [6.45, 7) is 9.89. The Bertz CT molecular complexity index is 743. The normalized spacial score (nSPS) is 14.1. The summed E-state index contributed by atoms with van der Waals surface area (Å²) in [5.74, 6) is 0. The molecule has 1 aromatic rings. The van der Waals surface area contributed by atoms with Crippen LogP contribution in [0.15, 0.2) is 29.2 Å². The number of nitrogens with zero attached hydrogens (tertiary/aromatic N) is 1. The van der Waals surface area contributed by atoms with Crippen molar-refractivity contribution in [3.63, 3.8) is 0 Å². The Hall–Kier alpha value is -1.62. The van der Waals surface area contributed by atoms with Crippen molar-refractivity contribution >= 4 is 30.3 Å². The van der Waals surface area contributed by atoms with E-state index in [0.717, 1.165) is 12.1 Å². The average molecular weight is 389 g/mol. The van der Waals surface area contributed by atoms with Crippen LogP contribution >= 0.6 is 0 Å². The third kappa shape index (κ3) is 5.43. The van der Waals surface area contributed by atoms with Crippen molar-refractivity contribution in [2.75, 3.05) is 6.61 Å². The smallest absolute Gasteiger partial charge is 0.289 e. The number of benzene rings is 1. The van der Waals surface area contributed by atoms with E-state index in [0.29, 0.717) is 6.29 Å². The molecule has 0 amide bonds. The lowest BCUT2D eigenvalue weighted by Crippen LogP contribution is -2.46. The number of rotatable bonds is 8. The van der Waals surface area contributed by atoms with Gasteiger partial charge in [-0.1, -0.05) is 32.9 Å². The first-order valence-electron chi connectivity index (χ1n) is 7.67. The van der Waals surface area contributed by atoms with Crippen LogP contribution in [0.2, 0.25) is 18.1 Å². The van der Waals surface area contributed by atoms with E-state index in [2.05, 4.69) is 4.72 Å². The molecule has 0 radical (unpaired) electrons. The van der Waals surface area contributed by atoms with Gasteiger partial charge < -0.3 is 9.22 Å². The van der Waals surface area contributed by atoms with Crippen LogP contribution in [0.1, 0.15) is 20.8 Å². The summed E-state index contributed by atoms with van der Waals surface area (Å²) in [7, 11) is -6.41. The van der Waals surface area contributed by atoms with E-state index in [1.165, 1.54) is 12.1 Å². The molecule has 1 N–H and O–H groups in total. The van der Waals surface area contributed by atoms with Gasteiger partial charge in [-0.15, -0.1) is 0 Å². The predicted molar refractivity (Wildman–Crippen MR) is 96.4 cm³/mol. The van der Waals surface area contributed by atoms with E-state index < -0.39 is 39.9 Å². The van der Waals surface area contributed by atoms with Crippen LogP contribution in [0.3, 0.4) is 0 Å². The molecule has 1 rings (SSSR count). The third-order valence-electron chi connectivity index (χ3n) is 4.25. The van der Waals surface area contributed by atoms with Gasteiger partial charge in [-0.05, 0) is 24.2 Å². The van der Waals surface area contributed by atoms with E-state index >= 15 is 0 Å². The summed E-state index contributed by atoms with van der Waals surface area (Å²) in [6, 6.07) is 3.84. The minimum Gasteiger partial charge on any atom is -0.415 e. The third-order valence-corrected chi connectivity index (χ3v) is 10.3. The largest absolute Gasteiger partial charge is 0.415 e. The van der Waals surface area contributed by atoms with Gasteiger partial charge in [-0.25, -0.2) is 8.42 Å². The molecule has 0 spiro atoms. The fraction of sp³-hybridized carbons (Fsp3) is 0.533. The molecule has 1 atom stereocenters. The molecular weight excluding hydrogens is 364 g/mol. The first-order valence-corrected chi connectivity index (χ1v) is 12.1. The highest BCUT2D eigenvalue weighted by atomic mass is 32.2. The van der Waals surface area contributed by atoms with Gasteiger partial charge in [-0.2, -0.15) is 4.72 Å². The molecule has 1 aromatic carbocycles. The van der Waals surface area contributed by atoms with Crippen LogP contribution < -0.4 is 4.72 Å². The van der Waals surface area contributed by atoms with Crippen LogP contribution in [0.5, 0.6) is 0 Å². The van der Waals surface area contributed by atoms with E-state index in [4.69, 9.17) is 4.43 Å². The van der Waals surface area contributed by atoms with Gasteiger partial charge >= 0.3 is 0 Å². The number of sulfonamides is 1. The Morgan fingerprint density at radius 2 is 1.88 bits per heavy atom. The van der Waals surface area contributed by atoms with Crippen LogP contribution in [0, 0.1) is 10.1 Å². The lowest BCUT2D eigenvalue weighted by molar-refractivity contribution is -0.387. The van der Waals surface area contributed by atoms with Crippen molar-refractivity contribution < 1.29 is 22.6 Å². The Labute approximate surface area is 148 Å². The van der Waals surface area contributed by atoms with Gasteiger partial charge in [-0.3, -0.25) is 10.1 Å². The fourth-order valence-electron chi connectivity index (χ4n) is 1.71. The van der Waals surface area contributed by atoms with Gasteiger partial charge in [0.15, 0.2) is 13.2 Å². The zero-order valence-electron chi connectivity index (χ0n) is 15.0. The lowest BCUT2D eigenvalue weighted by atomic mass is 10.2. The summed E-state index contributed by atoms with van der Waals surface area (Å²) >= 11 is 0. The molecule has 0 aliphatic rings. The molecule has 0 heterocycles.